The van der Waals surface area contributed by atoms with Gasteiger partial charge in [0.1, 0.15) is 6.07 Å². The molecule has 4 nitrogen and oxygen atoms in total. The van der Waals surface area contributed by atoms with Gasteiger partial charge in [-0.15, -0.1) is 11.3 Å². The lowest BCUT2D eigenvalue weighted by Crippen LogP contribution is -2.26. The van der Waals surface area contributed by atoms with Crippen LogP contribution in [0.5, 0.6) is 0 Å². The van der Waals surface area contributed by atoms with Gasteiger partial charge < -0.3 is 0 Å². The molecule has 0 radical (unpaired) electrons. The van der Waals surface area contributed by atoms with Crippen molar-refractivity contribution in [2.45, 2.75) is 17.9 Å². The largest absolute Gasteiger partial charge is 0.241 e. The fourth-order valence-electron chi connectivity index (χ4n) is 1.67. The molecule has 0 fully saturated rings. The van der Waals surface area contributed by atoms with Crippen LogP contribution in [-0.2, 0) is 10.0 Å². The SMILES string of the molecule is CC(NS(=O)(=O)c1ccc(C#N)c(Cl)c1)c1ccc(Cl)s1. The predicted octanol–water partition coefficient (Wildman–Crippen LogP) is 3.97. The van der Waals surface area contributed by atoms with Crippen LogP contribution in [0.25, 0.3) is 0 Å². The molecule has 0 aliphatic rings. The van der Waals surface area contributed by atoms with Crippen molar-refractivity contribution in [2.75, 3.05) is 0 Å². The van der Waals surface area contributed by atoms with Crippen LogP contribution in [0.2, 0.25) is 9.36 Å². The summed E-state index contributed by atoms with van der Waals surface area (Å²) in [7, 11) is -3.73. The summed E-state index contributed by atoms with van der Waals surface area (Å²) in [5, 5.41) is 8.90. The molecule has 110 valence electrons. The van der Waals surface area contributed by atoms with Crippen LogP contribution >= 0.6 is 34.5 Å². The van der Waals surface area contributed by atoms with E-state index in [1.54, 1.807) is 19.1 Å². The van der Waals surface area contributed by atoms with E-state index in [4.69, 9.17) is 28.5 Å². The Morgan fingerprint density at radius 1 is 1.29 bits per heavy atom. The first kappa shape index (κ1) is 16.3. The van der Waals surface area contributed by atoms with Crippen LogP contribution in [0.15, 0.2) is 35.2 Å². The van der Waals surface area contributed by atoms with Crippen molar-refractivity contribution in [3.8, 4) is 6.07 Å². The fraction of sp³-hybridized carbons (Fsp3) is 0.154. The van der Waals surface area contributed by atoms with E-state index < -0.39 is 16.1 Å². The number of hydrogen-bond acceptors (Lipinski definition) is 4. The Kier molecular flexibility index (Phi) is 4.91. The van der Waals surface area contributed by atoms with E-state index in [0.717, 1.165) is 4.88 Å². The molecule has 1 N–H and O–H groups in total. The van der Waals surface area contributed by atoms with Crippen molar-refractivity contribution in [3.05, 3.63) is 50.1 Å². The second kappa shape index (κ2) is 6.34. The molecule has 0 bridgehead atoms. The molecule has 0 amide bonds. The highest BCUT2D eigenvalue weighted by Gasteiger charge is 2.20. The highest BCUT2D eigenvalue weighted by Crippen LogP contribution is 2.28. The summed E-state index contributed by atoms with van der Waals surface area (Å²) < 4.78 is 27.7. The van der Waals surface area contributed by atoms with E-state index in [0.29, 0.717) is 4.34 Å². The summed E-state index contributed by atoms with van der Waals surface area (Å²) in [6, 6.07) is 8.94. The molecule has 2 rings (SSSR count). The number of nitriles is 1. The van der Waals surface area contributed by atoms with Crippen LogP contribution in [0.1, 0.15) is 23.4 Å². The summed E-state index contributed by atoms with van der Waals surface area (Å²) in [6.07, 6.45) is 0. The van der Waals surface area contributed by atoms with Gasteiger partial charge in [-0.1, -0.05) is 23.2 Å². The molecule has 0 spiro atoms. The van der Waals surface area contributed by atoms with Gasteiger partial charge in [0.05, 0.1) is 25.9 Å². The monoisotopic (exact) mass is 360 g/mol. The van der Waals surface area contributed by atoms with Gasteiger partial charge in [0.15, 0.2) is 0 Å². The van der Waals surface area contributed by atoms with Gasteiger partial charge in [0, 0.05) is 4.88 Å². The second-order valence-electron chi connectivity index (χ2n) is 4.24. The Morgan fingerprint density at radius 3 is 2.52 bits per heavy atom. The van der Waals surface area contributed by atoms with E-state index in [2.05, 4.69) is 4.72 Å². The molecule has 0 saturated carbocycles. The van der Waals surface area contributed by atoms with Crippen LogP contribution in [0.3, 0.4) is 0 Å². The minimum Gasteiger partial charge on any atom is -0.207 e. The first-order chi connectivity index (χ1) is 9.83. The molecule has 8 heteroatoms. The van der Waals surface area contributed by atoms with Crippen LogP contribution in [-0.4, -0.2) is 8.42 Å². The molecule has 1 heterocycles. The molecule has 1 unspecified atom stereocenters. The summed E-state index contributed by atoms with van der Waals surface area (Å²) in [5.41, 5.74) is 0.230. The third kappa shape index (κ3) is 3.76. The summed E-state index contributed by atoms with van der Waals surface area (Å²) in [5.74, 6) is 0. The maximum Gasteiger partial charge on any atom is 0.241 e. The number of rotatable bonds is 4. The summed E-state index contributed by atoms with van der Waals surface area (Å²) >= 11 is 13.0. The first-order valence-electron chi connectivity index (χ1n) is 5.80. The minimum absolute atomic E-state index is 0.0148. The van der Waals surface area contributed by atoms with Crippen LogP contribution in [0, 0.1) is 11.3 Å². The summed E-state index contributed by atoms with van der Waals surface area (Å²) in [4.78, 5) is 0.823. The lowest BCUT2D eigenvalue weighted by Gasteiger charge is -2.13. The number of nitrogens with zero attached hydrogens (tertiary/aromatic N) is 1. The molecule has 0 aliphatic carbocycles. The molecule has 21 heavy (non-hydrogen) atoms. The van der Waals surface area contributed by atoms with Gasteiger partial charge in [-0.3, -0.25) is 0 Å². The number of sulfonamides is 1. The average Bonchev–Trinajstić information content (AvgIpc) is 2.85. The molecule has 1 aromatic heterocycles. The molecule has 0 aliphatic heterocycles. The zero-order valence-corrected chi connectivity index (χ0v) is 13.9. The number of halogens is 2. The highest BCUT2D eigenvalue weighted by atomic mass is 35.5. The number of thiophene rings is 1. The quantitative estimate of drug-likeness (QED) is 0.896. The van der Waals surface area contributed by atoms with Crippen LogP contribution < -0.4 is 4.72 Å². The number of hydrogen-bond donors (Lipinski definition) is 1. The molecular weight excluding hydrogens is 351 g/mol. The minimum atomic E-state index is -3.73. The van der Waals surface area contributed by atoms with Crippen molar-refractivity contribution in [2.24, 2.45) is 0 Å². The molecule has 0 saturated heterocycles. The lowest BCUT2D eigenvalue weighted by molar-refractivity contribution is 0.568. The molecule has 1 aromatic carbocycles. The lowest BCUT2D eigenvalue weighted by atomic mass is 10.2. The normalized spacial score (nSPS) is 12.9. The maximum absolute atomic E-state index is 12.3. The van der Waals surface area contributed by atoms with Crippen molar-refractivity contribution in [1.29, 1.82) is 5.26 Å². The second-order valence-corrected chi connectivity index (χ2v) is 8.11. The maximum atomic E-state index is 12.3. The number of nitrogens with one attached hydrogen (secondary N) is 1. The Hall–Kier alpha value is -1.10. The highest BCUT2D eigenvalue weighted by molar-refractivity contribution is 7.89. The van der Waals surface area contributed by atoms with Gasteiger partial charge in [-0.25, -0.2) is 13.1 Å². The Bertz CT molecular complexity index is 810. The molecule has 1 atom stereocenters. The third-order valence-corrected chi connectivity index (χ3v) is 5.99. The van der Waals surface area contributed by atoms with Gasteiger partial charge in [-0.05, 0) is 37.3 Å². The van der Waals surface area contributed by atoms with Gasteiger partial charge in [0.25, 0.3) is 0 Å². The van der Waals surface area contributed by atoms with Gasteiger partial charge >= 0.3 is 0 Å². The standard InChI is InChI=1S/C13H10Cl2N2O2S2/c1-8(12-4-5-13(15)20-12)17-21(18,19)10-3-2-9(7-16)11(14)6-10/h2-6,8,17H,1H3. The fourth-order valence-corrected chi connectivity index (χ4v) is 4.35. The van der Waals surface area contributed by atoms with Gasteiger partial charge in [0.2, 0.25) is 10.0 Å². The Labute approximate surface area is 137 Å². The van der Waals surface area contributed by atoms with Gasteiger partial charge in [-0.2, -0.15) is 5.26 Å². The zero-order chi connectivity index (χ0) is 15.6. The number of benzene rings is 1. The topological polar surface area (TPSA) is 70.0 Å². The van der Waals surface area contributed by atoms with E-state index in [9.17, 15) is 8.42 Å². The third-order valence-electron chi connectivity index (χ3n) is 2.72. The van der Waals surface area contributed by atoms with Crippen molar-refractivity contribution < 1.29 is 8.42 Å². The van der Waals surface area contributed by atoms with E-state index in [1.807, 2.05) is 6.07 Å². The smallest absolute Gasteiger partial charge is 0.207 e. The van der Waals surface area contributed by atoms with Crippen LogP contribution in [0.4, 0.5) is 0 Å². The van der Waals surface area contributed by atoms with E-state index in [-0.39, 0.29) is 15.5 Å². The molecule has 2 aromatic rings. The summed E-state index contributed by atoms with van der Waals surface area (Å²) in [6.45, 7) is 1.73. The van der Waals surface area contributed by atoms with Crippen molar-refractivity contribution >= 4 is 44.6 Å². The Morgan fingerprint density at radius 2 is 2.00 bits per heavy atom. The predicted molar refractivity (Wildman–Crippen MR) is 84.2 cm³/mol. The Balaban J connectivity index is 2.26. The van der Waals surface area contributed by atoms with Crippen molar-refractivity contribution in [1.82, 2.24) is 4.72 Å². The van der Waals surface area contributed by atoms with E-state index in [1.165, 1.54) is 29.5 Å². The van der Waals surface area contributed by atoms with E-state index >= 15 is 0 Å². The van der Waals surface area contributed by atoms with Crippen molar-refractivity contribution in [3.63, 3.8) is 0 Å². The molecular formula is C13H10Cl2N2O2S2. The first-order valence-corrected chi connectivity index (χ1v) is 8.86. The zero-order valence-electron chi connectivity index (χ0n) is 10.8. The average molecular weight is 361 g/mol.